The SMILES string of the molecule is C[C@@H](O)C(=O)N1CCN(C(=O)c2cc(Cc3c[nH]c(=O)c4cc(Cl)c(Cl)n34)ccc2F)CC1. The minimum atomic E-state index is -1.11. The van der Waals surface area contributed by atoms with Crippen LogP contribution in [0.1, 0.15) is 28.5 Å². The van der Waals surface area contributed by atoms with Gasteiger partial charge in [0.05, 0.1) is 10.6 Å². The fraction of sp³-hybridized carbons (Fsp3) is 0.318. The van der Waals surface area contributed by atoms with Crippen molar-refractivity contribution in [3.8, 4) is 0 Å². The van der Waals surface area contributed by atoms with Crippen molar-refractivity contribution in [3.05, 3.63) is 73.6 Å². The van der Waals surface area contributed by atoms with Crippen LogP contribution in [0.15, 0.2) is 35.3 Å². The largest absolute Gasteiger partial charge is 0.384 e. The molecule has 0 bridgehead atoms. The Hall–Kier alpha value is -2.88. The van der Waals surface area contributed by atoms with E-state index < -0.39 is 23.7 Å². The number of fused-ring (bicyclic) bond motifs is 1. The number of halogens is 3. The maximum Gasteiger partial charge on any atom is 0.272 e. The van der Waals surface area contributed by atoms with E-state index in [-0.39, 0.29) is 59.4 Å². The van der Waals surface area contributed by atoms with E-state index >= 15 is 0 Å². The van der Waals surface area contributed by atoms with Crippen LogP contribution in [0.4, 0.5) is 4.39 Å². The lowest BCUT2D eigenvalue weighted by Crippen LogP contribution is -2.52. The first-order valence-corrected chi connectivity index (χ1v) is 11.0. The molecule has 1 aromatic carbocycles. The summed E-state index contributed by atoms with van der Waals surface area (Å²) in [6.45, 7) is 2.39. The Morgan fingerprint density at radius 1 is 1.15 bits per heavy atom. The highest BCUT2D eigenvalue weighted by atomic mass is 35.5. The Kier molecular flexibility index (Phi) is 6.47. The van der Waals surface area contributed by atoms with E-state index in [9.17, 15) is 23.9 Å². The molecule has 2 N–H and O–H groups in total. The molecule has 1 aliphatic heterocycles. The average Bonchev–Trinajstić information content (AvgIpc) is 3.11. The predicted molar refractivity (Wildman–Crippen MR) is 121 cm³/mol. The van der Waals surface area contributed by atoms with E-state index in [1.54, 1.807) is 6.07 Å². The molecule has 0 spiro atoms. The van der Waals surface area contributed by atoms with Crippen LogP contribution in [-0.4, -0.2) is 68.4 Å². The smallest absolute Gasteiger partial charge is 0.272 e. The fourth-order valence-corrected chi connectivity index (χ4v) is 4.38. The lowest BCUT2D eigenvalue weighted by atomic mass is 10.0. The van der Waals surface area contributed by atoms with E-state index in [2.05, 4.69) is 4.98 Å². The van der Waals surface area contributed by atoms with Crippen LogP contribution < -0.4 is 5.56 Å². The van der Waals surface area contributed by atoms with Gasteiger partial charge in [-0.05, 0) is 30.7 Å². The van der Waals surface area contributed by atoms with Gasteiger partial charge in [-0.15, -0.1) is 0 Å². The van der Waals surface area contributed by atoms with Crippen molar-refractivity contribution >= 4 is 40.5 Å². The number of nitrogens with zero attached hydrogens (tertiary/aromatic N) is 3. The number of amides is 2. The normalized spacial score (nSPS) is 15.2. The van der Waals surface area contributed by atoms with Gasteiger partial charge in [0.1, 0.15) is 22.6 Å². The highest BCUT2D eigenvalue weighted by molar-refractivity contribution is 6.42. The summed E-state index contributed by atoms with van der Waals surface area (Å²) < 4.78 is 16.1. The summed E-state index contributed by atoms with van der Waals surface area (Å²) in [6.07, 6.45) is 0.653. The molecule has 0 unspecified atom stereocenters. The summed E-state index contributed by atoms with van der Waals surface area (Å²) in [7, 11) is 0. The second-order valence-electron chi connectivity index (χ2n) is 7.90. The summed E-state index contributed by atoms with van der Waals surface area (Å²) in [5, 5.41) is 9.88. The molecule has 0 radical (unpaired) electrons. The molecule has 2 amide bonds. The lowest BCUT2D eigenvalue weighted by molar-refractivity contribution is -0.140. The van der Waals surface area contributed by atoms with Gasteiger partial charge in [-0.2, -0.15) is 0 Å². The minimum Gasteiger partial charge on any atom is -0.384 e. The Balaban J connectivity index is 1.57. The van der Waals surface area contributed by atoms with Crippen molar-refractivity contribution < 1.29 is 19.1 Å². The molecule has 3 heterocycles. The third kappa shape index (κ3) is 4.48. The lowest BCUT2D eigenvalue weighted by Gasteiger charge is -2.35. The molecule has 0 aliphatic carbocycles. The standard InChI is InChI=1S/C22H21Cl2FN4O4/c1-12(30)21(32)27-4-6-28(7-5-27)22(33)15-9-13(2-3-17(15)25)8-14-11-26-20(31)18-10-16(23)19(24)29(14)18/h2-3,9-12,30H,4-8H2,1H3,(H,26,31)/t12-/m1/s1. The van der Waals surface area contributed by atoms with Crippen molar-refractivity contribution in [2.45, 2.75) is 19.4 Å². The number of hydrogen-bond donors (Lipinski definition) is 2. The van der Waals surface area contributed by atoms with Gasteiger partial charge in [0, 0.05) is 44.5 Å². The number of piperazine rings is 1. The van der Waals surface area contributed by atoms with Crippen molar-refractivity contribution in [3.63, 3.8) is 0 Å². The average molecular weight is 495 g/mol. The zero-order chi connectivity index (χ0) is 23.9. The van der Waals surface area contributed by atoms with Crippen molar-refractivity contribution in [2.24, 2.45) is 0 Å². The van der Waals surface area contributed by atoms with Gasteiger partial charge in [-0.3, -0.25) is 18.8 Å². The van der Waals surface area contributed by atoms with Crippen LogP contribution in [0.25, 0.3) is 5.52 Å². The van der Waals surface area contributed by atoms with Crippen LogP contribution in [0.3, 0.4) is 0 Å². The highest BCUT2D eigenvalue weighted by Gasteiger charge is 2.28. The summed E-state index contributed by atoms with van der Waals surface area (Å²) in [4.78, 5) is 42.6. The van der Waals surface area contributed by atoms with E-state index in [1.807, 2.05) is 0 Å². The number of rotatable bonds is 4. The molecule has 1 atom stereocenters. The maximum absolute atomic E-state index is 14.6. The molecule has 1 fully saturated rings. The molecule has 1 aliphatic rings. The number of H-pyrrole nitrogens is 1. The van der Waals surface area contributed by atoms with Gasteiger partial charge in [0.25, 0.3) is 17.4 Å². The Bertz CT molecular complexity index is 1300. The predicted octanol–water partition coefficient (Wildman–Crippen LogP) is 2.33. The molecule has 4 rings (SSSR count). The number of aliphatic hydroxyl groups is 1. The third-order valence-corrected chi connectivity index (χ3v) is 6.43. The van der Waals surface area contributed by atoms with E-state index in [4.69, 9.17) is 23.2 Å². The number of carbonyl (C=O) groups is 2. The monoisotopic (exact) mass is 494 g/mol. The zero-order valence-electron chi connectivity index (χ0n) is 17.6. The van der Waals surface area contributed by atoms with Crippen LogP contribution in [-0.2, 0) is 11.2 Å². The zero-order valence-corrected chi connectivity index (χ0v) is 19.2. The van der Waals surface area contributed by atoms with E-state index in [0.717, 1.165) is 0 Å². The number of aromatic nitrogens is 2. The summed E-state index contributed by atoms with van der Waals surface area (Å²) in [5.41, 5.74) is 1.09. The molecule has 3 aromatic rings. The van der Waals surface area contributed by atoms with E-state index in [1.165, 1.54) is 45.5 Å². The number of benzene rings is 1. The molecule has 8 nitrogen and oxygen atoms in total. The number of aliphatic hydroxyl groups excluding tert-OH is 1. The Morgan fingerprint density at radius 3 is 2.48 bits per heavy atom. The molecule has 1 saturated heterocycles. The Labute approximate surface area is 198 Å². The number of hydrogen-bond acceptors (Lipinski definition) is 4. The second kappa shape index (κ2) is 9.17. The summed E-state index contributed by atoms with van der Waals surface area (Å²) >= 11 is 12.3. The molecular weight excluding hydrogens is 474 g/mol. The highest BCUT2D eigenvalue weighted by Crippen LogP contribution is 2.27. The van der Waals surface area contributed by atoms with Gasteiger partial charge >= 0.3 is 0 Å². The van der Waals surface area contributed by atoms with Gasteiger partial charge < -0.3 is 19.9 Å². The maximum atomic E-state index is 14.6. The van der Waals surface area contributed by atoms with Gasteiger partial charge in [-0.25, -0.2) is 4.39 Å². The van der Waals surface area contributed by atoms with Crippen LogP contribution in [0.5, 0.6) is 0 Å². The molecule has 2 aromatic heterocycles. The number of aromatic amines is 1. The van der Waals surface area contributed by atoms with Crippen molar-refractivity contribution in [2.75, 3.05) is 26.2 Å². The molecule has 33 heavy (non-hydrogen) atoms. The minimum absolute atomic E-state index is 0.0832. The fourth-order valence-electron chi connectivity index (χ4n) is 3.94. The summed E-state index contributed by atoms with van der Waals surface area (Å²) in [6, 6.07) is 5.72. The second-order valence-corrected chi connectivity index (χ2v) is 8.66. The first kappa shape index (κ1) is 23.3. The van der Waals surface area contributed by atoms with Crippen LogP contribution in [0, 0.1) is 5.82 Å². The topological polar surface area (TPSA) is 98.1 Å². The van der Waals surface area contributed by atoms with Gasteiger partial charge in [0.15, 0.2) is 0 Å². The first-order valence-electron chi connectivity index (χ1n) is 10.3. The van der Waals surface area contributed by atoms with Crippen molar-refractivity contribution in [1.82, 2.24) is 19.2 Å². The van der Waals surface area contributed by atoms with Crippen LogP contribution in [0.2, 0.25) is 10.2 Å². The van der Waals surface area contributed by atoms with Crippen LogP contribution >= 0.6 is 23.2 Å². The Morgan fingerprint density at radius 2 is 1.82 bits per heavy atom. The quantitative estimate of drug-likeness (QED) is 0.581. The first-order chi connectivity index (χ1) is 15.7. The number of nitrogens with one attached hydrogen (secondary N) is 1. The molecular formula is C22H21Cl2FN4O4. The third-order valence-electron chi connectivity index (χ3n) is 5.67. The summed E-state index contributed by atoms with van der Waals surface area (Å²) in [5.74, 6) is -1.53. The van der Waals surface area contributed by atoms with Crippen molar-refractivity contribution in [1.29, 1.82) is 0 Å². The molecule has 11 heteroatoms. The number of carbonyl (C=O) groups excluding carboxylic acids is 2. The molecule has 174 valence electrons. The molecule has 0 saturated carbocycles. The van der Waals surface area contributed by atoms with Gasteiger partial charge in [-0.1, -0.05) is 29.3 Å². The van der Waals surface area contributed by atoms with E-state index in [0.29, 0.717) is 11.3 Å². The van der Waals surface area contributed by atoms with Gasteiger partial charge in [0.2, 0.25) is 0 Å².